The number of rotatable bonds is 3. The first-order valence-electron chi connectivity index (χ1n) is 16.9. The molecular weight excluding hydrogens is 548 g/mol. The number of ether oxygens (including phenoxy) is 2. The largest absolute Gasteiger partial charge is 0.481 e. The minimum absolute atomic E-state index is 0.0313. The number of aliphatic hydroxyl groups is 4. The van der Waals surface area contributed by atoms with Gasteiger partial charge in [-0.3, -0.25) is 4.79 Å². The molecule has 0 aromatic rings. The summed E-state index contributed by atoms with van der Waals surface area (Å²) in [7, 11) is 0. The number of carbonyl (C=O) groups is 1. The van der Waals surface area contributed by atoms with Crippen LogP contribution in [-0.2, 0) is 14.3 Å². The molecule has 0 radical (unpaired) electrons. The van der Waals surface area contributed by atoms with Crippen LogP contribution in [0.1, 0.15) is 106 Å². The predicted octanol–water partition coefficient (Wildman–Crippen LogP) is 4.67. The van der Waals surface area contributed by atoms with Gasteiger partial charge in [0.1, 0.15) is 18.3 Å². The van der Waals surface area contributed by atoms with E-state index in [1.54, 1.807) is 0 Å². The molecule has 8 heteroatoms. The second-order valence-corrected chi connectivity index (χ2v) is 17.1. The number of carboxylic acid groups (broad SMARTS) is 1. The Labute approximate surface area is 257 Å². The van der Waals surface area contributed by atoms with Crippen molar-refractivity contribution in [3.63, 3.8) is 0 Å². The summed E-state index contributed by atoms with van der Waals surface area (Å²) in [6.45, 7) is 15.8. The fourth-order valence-electron chi connectivity index (χ4n) is 12.1. The SMILES string of the molecule is C[C@H]1CC[C@]2(C(=O)O)CC[C@]3(C)C(=CC[C@@H]4[C@@]5(C)CC[C@H](O[C@@H]6OC[C@@H](O)[C@H](O)[C@H]6O)C(C)(C)[C@H]5CC[C@]43C)[C@H]2[C@]1(C)O. The van der Waals surface area contributed by atoms with Crippen molar-refractivity contribution >= 4 is 5.97 Å². The first kappa shape index (κ1) is 31.9. The third kappa shape index (κ3) is 4.11. The van der Waals surface area contributed by atoms with Crippen molar-refractivity contribution in [2.24, 2.45) is 50.7 Å². The average molecular weight is 605 g/mol. The Morgan fingerprint density at radius 3 is 2.28 bits per heavy atom. The van der Waals surface area contributed by atoms with Crippen LogP contribution in [0.4, 0.5) is 0 Å². The molecule has 244 valence electrons. The van der Waals surface area contributed by atoms with Crippen LogP contribution < -0.4 is 0 Å². The van der Waals surface area contributed by atoms with E-state index in [9.17, 15) is 30.3 Å². The number of carboxylic acids is 1. The number of aliphatic hydroxyl groups excluding tert-OH is 3. The molecule has 1 aliphatic heterocycles. The molecule has 0 amide bonds. The van der Waals surface area contributed by atoms with Crippen molar-refractivity contribution in [2.45, 2.75) is 143 Å². The third-order valence-electron chi connectivity index (χ3n) is 15.2. The Morgan fingerprint density at radius 1 is 0.907 bits per heavy atom. The molecule has 6 aliphatic rings. The van der Waals surface area contributed by atoms with Crippen LogP contribution in [0.2, 0.25) is 0 Å². The van der Waals surface area contributed by atoms with Crippen LogP contribution in [0.3, 0.4) is 0 Å². The van der Waals surface area contributed by atoms with E-state index in [1.165, 1.54) is 5.57 Å². The Kier molecular flexibility index (Phi) is 7.41. The van der Waals surface area contributed by atoms with Crippen LogP contribution in [0, 0.1) is 50.7 Å². The maximum atomic E-state index is 13.0. The fourth-order valence-corrected chi connectivity index (χ4v) is 12.1. The summed E-state index contributed by atoms with van der Waals surface area (Å²) in [5.74, 6) is -0.306. The fraction of sp³-hybridized carbons (Fsp3) is 0.914. The summed E-state index contributed by atoms with van der Waals surface area (Å²) < 4.78 is 12.1. The molecule has 1 heterocycles. The maximum Gasteiger partial charge on any atom is 0.310 e. The first-order chi connectivity index (χ1) is 19.9. The molecule has 14 atom stereocenters. The van der Waals surface area contributed by atoms with Crippen LogP contribution in [-0.4, -0.2) is 74.4 Å². The summed E-state index contributed by atoms with van der Waals surface area (Å²) in [6, 6.07) is 0. The lowest BCUT2D eigenvalue weighted by atomic mass is 9.33. The van der Waals surface area contributed by atoms with Gasteiger partial charge in [-0.25, -0.2) is 0 Å². The molecule has 4 saturated carbocycles. The zero-order valence-corrected chi connectivity index (χ0v) is 27.3. The van der Waals surface area contributed by atoms with Gasteiger partial charge >= 0.3 is 5.97 Å². The Bertz CT molecular complexity index is 1160. The van der Waals surface area contributed by atoms with E-state index < -0.39 is 41.6 Å². The lowest BCUT2D eigenvalue weighted by Gasteiger charge is -2.72. The van der Waals surface area contributed by atoms with Gasteiger partial charge in [-0.15, -0.1) is 0 Å². The maximum absolute atomic E-state index is 13.0. The Balaban J connectivity index is 1.33. The topological polar surface area (TPSA) is 137 Å². The Morgan fingerprint density at radius 2 is 1.60 bits per heavy atom. The van der Waals surface area contributed by atoms with E-state index in [1.807, 2.05) is 6.92 Å². The van der Waals surface area contributed by atoms with Gasteiger partial charge in [0.2, 0.25) is 0 Å². The van der Waals surface area contributed by atoms with Gasteiger partial charge in [-0.2, -0.15) is 0 Å². The highest BCUT2D eigenvalue weighted by molar-refractivity contribution is 5.77. The summed E-state index contributed by atoms with van der Waals surface area (Å²) in [4.78, 5) is 13.0. The van der Waals surface area contributed by atoms with Crippen LogP contribution in [0.5, 0.6) is 0 Å². The molecule has 43 heavy (non-hydrogen) atoms. The summed E-state index contributed by atoms with van der Waals surface area (Å²) in [6.07, 6.45) is 5.06. The molecule has 5 fully saturated rings. The lowest BCUT2D eigenvalue weighted by Crippen LogP contribution is -2.68. The molecular formula is C35H56O8. The van der Waals surface area contributed by atoms with Crippen molar-refractivity contribution in [2.75, 3.05) is 6.61 Å². The van der Waals surface area contributed by atoms with E-state index in [0.717, 1.165) is 44.9 Å². The average Bonchev–Trinajstić information content (AvgIpc) is 2.92. The molecule has 8 nitrogen and oxygen atoms in total. The van der Waals surface area contributed by atoms with Crippen molar-refractivity contribution in [1.29, 1.82) is 0 Å². The molecule has 5 aliphatic carbocycles. The highest BCUT2D eigenvalue weighted by Crippen LogP contribution is 2.76. The van der Waals surface area contributed by atoms with Gasteiger partial charge in [0.15, 0.2) is 6.29 Å². The van der Waals surface area contributed by atoms with E-state index >= 15 is 0 Å². The standard InChI is InChI=1S/C35H56O8/c1-19-10-15-35(29(39)40)17-16-32(5)20(27(35)34(19,7)41)8-9-23-31(4)13-12-24(30(2,3)22(31)11-14-33(23,32)6)43-28-26(38)25(37)21(36)18-42-28/h8,19,21-28,36-38,41H,9-18H2,1-7H3,(H,39,40)/t19-,21+,22+,23+,24-,25-,26+,27-,28-,31-,32+,33+,34+,35-/m0/s1. The highest BCUT2D eigenvalue weighted by Gasteiger charge is 2.71. The van der Waals surface area contributed by atoms with E-state index in [4.69, 9.17) is 9.47 Å². The van der Waals surface area contributed by atoms with Gasteiger partial charge < -0.3 is 35.0 Å². The van der Waals surface area contributed by atoms with E-state index in [-0.39, 0.29) is 46.2 Å². The van der Waals surface area contributed by atoms with Crippen LogP contribution >= 0.6 is 0 Å². The van der Waals surface area contributed by atoms with Crippen molar-refractivity contribution < 1.29 is 39.8 Å². The zero-order chi connectivity index (χ0) is 31.5. The summed E-state index contributed by atoms with van der Waals surface area (Å²) >= 11 is 0. The second-order valence-electron chi connectivity index (χ2n) is 17.1. The second kappa shape index (κ2) is 9.98. The monoisotopic (exact) mass is 604 g/mol. The van der Waals surface area contributed by atoms with Crippen LogP contribution in [0.25, 0.3) is 0 Å². The van der Waals surface area contributed by atoms with Gasteiger partial charge in [0, 0.05) is 5.92 Å². The normalized spacial score (nSPS) is 56.1. The van der Waals surface area contributed by atoms with Crippen LogP contribution in [0.15, 0.2) is 11.6 Å². The minimum atomic E-state index is -1.30. The zero-order valence-electron chi connectivity index (χ0n) is 27.3. The van der Waals surface area contributed by atoms with E-state index in [2.05, 4.69) is 47.6 Å². The smallest absolute Gasteiger partial charge is 0.310 e. The molecule has 5 N–H and O–H groups in total. The third-order valence-corrected chi connectivity index (χ3v) is 15.2. The number of allylic oxidation sites excluding steroid dienone is 1. The van der Waals surface area contributed by atoms with Crippen molar-refractivity contribution in [3.8, 4) is 0 Å². The van der Waals surface area contributed by atoms with Gasteiger partial charge in [0.05, 0.1) is 23.7 Å². The van der Waals surface area contributed by atoms with Crippen molar-refractivity contribution in [3.05, 3.63) is 11.6 Å². The number of hydrogen-bond donors (Lipinski definition) is 5. The molecule has 0 unspecified atom stereocenters. The number of aliphatic carboxylic acids is 1. The quantitative estimate of drug-likeness (QED) is 0.232. The Hall–Kier alpha value is -1.03. The number of hydrogen-bond acceptors (Lipinski definition) is 7. The predicted molar refractivity (Wildman–Crippen MR) is 161 cm³/mol. The van der Waals surface area contributed by atoms with Crippen molar-refractivity contribution in [1.82, 2.24) is 0 Å². The molecule has 1 saturated heterocycles. The lowest BCUT2D eigenvalue weighted by molar-refractivity contribution is -0.308. The van der Waals surface area contributed by atoms with Gasteiger partial charge in [-0.1, -0.05) is 53.2 Å². The van der Waals surface area contributed by atoms with Gasteiger partial charge in [0.25, 0.3) is 0 Å². The van der Waals surface area contributed by atoms with Gasteiger partial charge in [-0.05, 0) is 104 Å². The summed E-state index contributed by atoms with van der Waals surface area (Å²) in [5.41, 5.74) is -1.16. The number of fused-ring (bicyclic) bond motifs is 7. The molecule has 0 spiro atoms. The minimum Gasteiger partial charge on any atom is -0.481 e. The molecule has 0 aromatic heterocycles. The highest BCUT2D eigenvalue weighted by atomic mass is 16.7. The molecule has 0 aromatic carbocycles. The van der Waals surface area contributed by atoms with E-state index in [0.29, 0.717) is 24.7 Å². The first-order valence-corrected chi connectivity index (χ1v) is 16.9. The molecule has 0 bridgehead atoms. The summed E-state index contributed by atoms with van der Waals surface area (Å²) in [5, 5.41) is 53.4. The molecule has 6 rings (SSSR count).